The van der Waals surface area contributed by atoms with E-state index < -0.39 is 0 Å². The Labute approximate surface area is 71.0 Å². The van der Waals surface area contributed by atoms with Crippen molar-refractivity contribution >= 4 is 11.7 Å². The van der Waals surface area contributed by atoms with Crippen LogP contribution in [0.15, 0.2) is 12.2 Å². The summed E-state index contributed by atoms with van der Waals surface area (Å²) in [6.45, 7) is 0.629. The summed E-state index contributed by atoms with van der Waals surface area (Å²) in [5, 5.41) is 0. The van der Waals surface area contributed by atoms with Crippen LogP contribution >= 0.6 is 0 Å². The number of Topliss-reactive ketones (excluding diaryl/α,β-unsaturated/α-hetero) is 1. The molecular weight excluding hydrogens is 154 g/mol. The van der Waals surface area contributed by atoms with E-state index in [0.29, 0.717) is 13.0 Å². The first-order valence-corrected chi connectivity index (χ1v) is 4.28. The molecule has 12 heavy (non-hydrogen) atoms. The highest BCUT2D eigenvalue weighted by atomic mass is 16.2. The zero-order valence-electron chi connectivity index (χ0n) is 6.82. The maximum Gasteiger partial charge on any atom is 0.290 e. The number of ketones is 1. The van der Waals surface area contributed by atoms with Crippen LogP contribution in [0.2, 0.25) is 0 Å². The van der Waals surface area contributed by atoms with Crippen LogP contribution in [-0.2, 0) is 9.59 Å². The van der Waals surface area contributed by atoms with E-state index in [-0.39, 0.29) is 17.7 Å². The highest BCUT2D eigenvalue weighted by Crippen LogP contribution is 2.20. The Morgan fingerprint density at radius 3 is 2.42 bits per heavy atom. The molecule has 0 atom stereocenters. The molecule has 0 saturated carbocycles. The number of carbonyl (C=O) groups is 2. The van der Waals surface area contributed by atoms with E-state index in [1.807, 2.05) is 0 Å². The van der Waals surface area contributed by atoms with E-state index >= 15 is 0 Å². The lowest BCUT2D eigenvalue weighted by molar-refractivity contribution is -0.141. The second-order valence-corrected chi connectivity index (χ2v) is 3.27. The SMILES string of the molecule is O=C1CCN(C2CC=CC2)C1=O. The van der Waals surface area contributed by atoms with Crippen molar-refractivity contribution in [3.8, 4) is 0 Å². The number of rotatable bonds is 1. The molecular formula is C9H11NO2. The summed E-state index contributed by atoms with van der Waals surface area (Å²) in [6, 6.07) is 0.268. The predicted octanol–water partition coefficient (Wildman–Crippen LogP) is 0.506. The number of hydrogen-bond acceptors (Lipinski definition) is 2. The van der Waals surface area contributed by atoms with Gasteiger partial charge in [0.2, 0.25) is 5.78 Å². The van der Waals surface area contributed by atoms with Gasteiger partial charge in [-0.3, -0.25) is 9.59 Å². The quantitative estimate of drug-likeness (QED) is 0.419. The van der Waals surface area contributed by atoms with Gasteiger partial charge in [0.15, 0.2) is 0 Å². The maximum absolute atomic E-state index is 11.2. The predicted molar refractivity (Wildman–Crippen MR) is 43.5 cm³/mol. The lowest BCUT2D eigenvalue weighted by Crippen LogP contribution is -2.36. The van der Waals surface area contributed by atoms with Crippen LogP contribution in [0.25, 0.3) is 0 Å². The van der Waals surface area contributed by atoms with Crippen molar-refractivity contribution < 1.29 is 9.59 Å². The third kappa shape index (κ3) is 1.05. The number of carbonyl (C=O) groups excluding carboxylic acids is 2. The molecule has 1 amide bonds. The molecule has 1 heterocycles. The molecule has 2 aliphatic rings. The van der Waals surface area contributed by atoms with Gasteiger partial charge in [0.25, 0.3) is 5.91 Å². The molecule has 0 radical (unpaired) electrons. The van der Waals surface area contributed by atoms with E-state index in [1.54, 1.807) is 4.90 Å². The van der Waals surface area contributed by atoms with Crippen molar-refractivity contribution in [1.82, 2.24) is 4.90 Å². The summed E-state index contributed by atoms with van der Waals surface area (Å²) < 4.78 is 0. The Kier molecular flexibility index (Phi) is 1.71. The minimum atomic E-state index is -0.274. The smallest absolute Gasteiger partial charge is 0.290 e. The van der Waals surface area contributed by atoms with Crippen molar-refractivity contribution in [2.75, 3.05) is 6.54 Å². The zero-order valence-corrected chi connectivity index (χ0v) is 6.82. The van der Waals surface area contributed by atoms with Crippen molar-refractivity contribution in [1.29, 1.82) is 0 Å². The van der Waals surface area contributed by atoms with Gasteiger partial charge in [-0.05, 0) is 12.8 Å². The van der Waals surface area contributed by atoms with Gasteiger partial charge in [0.05, 0.1) is 0 Å². The first kappa shape index (κ1) is 7.53. The third-order valence-electron chi connectivity index (χ3n) is 2.50. The molecule has 0 unspecified atom stereocenters. The number of amides is 1. The molecule has 2 rings (SSSR count). The topological polar surface area (TPSA) is 37.4 Å². The van der Waals surface area contributed by atoms with E-state index in [2.05, 4.69) is 12.2 Å². The first-order chi connectivity index (χ1) is 5.79. The lowest BCUT2D eigenvalue weighted by Gasteiger charge is -2.22. The van der Waals surface area contributed by atoms with Gasteiger partial charge in [-0.15, -0.1) is 0 Å². The Hall–Kier alpha value is -1.12. The van der Waals surface area contributed by atoms with Gasteiger partial charge < -0.3 is 4.90 Å². The molecule has 1 fully saturated rings. The van der Waals surface area contributed by atoms with Crippen LogP contribution in [0, 0.1) is 0 Å². The monoisotopic (exact) mass is 165 g/mol. The number of likely N-dealkylation sites (tertiary alicyclic amines) is 1. The van der Waals surface area contributed by atoms with Gasteiger partial charge in [-0.2, -0.15) is 0 Å². The summed E-state index contributed by atoms with van der Waals surface area (Å²) in [4.78, 5) is 23.9. The normalized spacial score (nSPS) is 24.5. The molecule has 1 aliphatic carbocycles. The summed E-state index contributed by atoms with van der Waals surface area (Å²) in [5.74, 6) is -0.495. The fourth-order valence-electron chi connectivity index (χ4n) is 1.80. The average molecular weight is 165 g/mol. The molecule has 3 heteroatoms. The minimum absolute atomic E-state index is 0.220. The molecule has 0 bridgehead atoms. The lowest BCUT2D eigenvalue weighted by atomic mass is 10.2. The van der Waals surface area contributed by atoms with Gasteiger partial charge in [0.1, 0.15) is 0 Å². The van der Waals surface area contributed by atoms with Crippen LogP contribution in [-0.4, -0.2) is 29.2 Å². The Morgan fingerprint density at radius 1 is 1.25 bits per heavy atom. The van der Waals surface area contributed by atoms with E-state index in [0.717, 1.165) is 12.8 Å². The molecule has 3 nitrogen and oxygen atoms in total. The summed E-state index contributed by atoms with van der Waals surface area (Å²) in [6.07, 6.45) is 6.38. The second kappa shape index (κ2) is 2.73. The maximum atomic E-state index is 11.2. The molecule has 0 aromatic carbocycles. The molecule has 64 valence electrons. The summed E-state index contributed by atoms with van der Waals surface area (Å²) in [7, 11) is 0. The number of hydrogen-bond donors (Lipinski definition) is 0. The van der Waals surface area contributed by atoms with Crippen molar-refractivity contribution in [2.45, 2.75) is 25.3 Å². The van der Waals surface area contributed by atoms with Crippen molar-refractivity contribution in [3.63, 3.8) is 0 Å². The second-order valence-electron chi connectivity index (χ2n) is 3.27. The standard InChI is InChI=1S/C9H11NO2/c11-8-5-6-10(9(8)12)7-3-1-2-4-7/h1-2,7H,3-6H2. The van der Waals surface area contributed by atoms with Gasteiger partial charge in [0, 0.05) is 19.0 Å². The van der Waals surface area contributed by atoms with Gasteiger partial charge in [-0.25, -0.2) is 0 Å². The van der Waals surface area contributed by atoms with Crippen LogP contribution in [0.5, 0.6) is 0 Å². The molecule has 1 saturated heterocycles. The largest absolute Gasteiger partial charge is 0.332 e. The fraction of sp³-hybridized carbons (Fsp3) is 0.556. The Morgan fingerprint density at radius 2 is 1.92 bits per heavy atom. The van der Waals surface area contributed by atoms with Crippen LogP contribution in [0.4, 0.5) is 0 Å². The minimum Gasteiger partial charge on any atom is -0.332 e. The molecule has 0 aromatic rings. The average Bonchev–Trinajstić information content (AvgIpc) is 2.64. The molecule has 0 aromatic heterocycles. The Balaban J connectivity index is 2.05. The van der Waals surface area contributed by atoms with Crippen molar-refractivity contribution in [3.05, 3.63) is 12.2 Å². The van der Waals surface area contributed by atoms with E-state index in [9.17, 15) is 9.59 Å². The van der Waals surface area contributed by atoms with E-state index in [4.69, 9.17) is 0 Å². The van der Waals surface area contributed by atoms with Crippen LogP contribution in [0.3, 0.4) is 0 Å². The summed E-state index contributed by atoms with van der Waals surface area (Å²) in [5.41, 5.74) is 0. The zero-order chi connectivity index (χ0) is 8.55. The summed E-state index contributed by atoms with van der Waals surface area (Å²) >= 11 is 0. The van der Waals surface area contributed by atoms with E-state index in [1.165, 1.54) is 0 Å². The highest BCUT2D eigenvalue weighted by molar-refractivity contribution is 6.37. The van der Waals surface area contributed by atoms with Gasteiger partial charge >= 0.3 is 0 Å². The van der Waals surface area contributed by atoms with Crippen molar-refractivity contribution in [2.24, 2.45) is 0 Å². The number of nitrogens with zero attached hydrogens (tertiary/aromatic N) is 1. The third-order valence-corrected chi connectivity index (χ3v) is 2.50. The van der Waals surface area contributed by atoms with Gasteiger partial charge in [-0.1, -0.05) is 12.2 Å². The Bertz CT molecular complexity index is 249. The fourth-order valence-corrected chi connectivity index (χ4v) is 1.80. The van der Waals surface area contributed by atoms with Crippen LogP contribution in [0.1, 0.15) is 19.3 Å². The molecule has 0 spiro atoms. The highest BCUT2D eigenvalue weighted by Gasteiger charge is 2.34. The molecule has 0 N–H and O–H groups in total. The first-order valence-electron chi connectivity index (χ1n) is 4.28. The van der Waals surface area contributed by atoms with Crippen LogP contribution < -0.4 is 0 Å². The molecule has 1 aliphatic heterocycles.